The van der Waals surface area contributed by atoms with Crippen molar-refractivity contribution in [1.29, 1.82) is 0 Å². The highest BCUT2D eigenvalue weighted by Gasteiger charge is 2.07. The maximum absolute atomic E-state index is 6.43. The molecule has 1 rings (SSSR count). The van der Waals surface area contributed by atoms with Gasteiger partial charge in [-0.25, -0.2) is 0 Å². The van der Waals surface area contributed by atoms with Crippen LogP contribution < -0.4 is 10.2 Å². The first-order chi connectivity index (χ1) is 9.90. The zero-order chi connectivity index (χ0) is 15.8. The summed E-state index contributed by atoms with van der Waals surface area (Å²) in [5.74, 6) is 0.669. The Bertz CT molecular complexity index is 418. The van der Waals surface area contributed by atoms with Gasteiger partial charge >= 0.3 is 0 Å². The lowest BCUT2D eigenvalue weighted by Gasteiger charge is -2.22. The molecule has 0 amide bonds. The van der Waals surface area contributed by atoms with Gasteiger partial charge in [0.2, 0.25) is 0 Å². The van der Waals surface area contributed by atoms with Crippen molar-refractivity contribution in [1.82, 2.24) is 10.2 Å². The van der Waals surface area contributed by atoms with E-state index in [1.807, 2.05) is 0 Å². The van der Waals surface area contributed by atoms with Crippen LogP contribution in [0.25, 0.3) is 0 Å². The number of halogens is 1. The minimum Gasteiger partial charge on any atom is -0.373 e. The van der Waals surface area contributed by atoms with Crippen molar-refractivity contribution in [3.8, 4) is 0 Å². The van der Waals surface area contributed by atoms with E-state index < -0.39 is 0 Å². The van der Waals surface area contributed by atoms with Crippen LogP contribution in [0.3, 0.4) is 0 Å². The van der Waals surface area contributed by atoms with Gasteiger partial charge in [0, 0.05) is 20.1 Å². The van der Waals surface area contributed by atoms with Crippen LogP contribution in [0.2, 0.25) is 5.02 Å². The summed E-state index contributed by atoms with van der Waals surface area (Å²) >= 11 is 6.43. The van der Waals surface area contributed by atoms with Gasteiger partial charge in [0.25, 0.3) is 0 Å². The third-order valence-electron chi connectivity index (χ3n) is 3.40. The molecule has 0 saturated heterocycles. The molecule has 0 atom stereocenters. The monoisotopic (exact) mass is 311 g/mol. The molecule has 120 valence electrons. The minimum absolute atomic E-state index is 0.669. The highest BCUT2D eigenvalue weighted by molar-refractivity contribution is 6.33. The third-order valence-corrected chi connectivity index (χ3v) is 3.71. The van der Waals surface area contributed by atoms with Crippen molar-refractivity contribution < 1.29 is 0 Å². The second kappa shape index (κ2) is 9.29. The van der Waals surface area contributed by atoms with Crippen LogP contribution in [0.5, 0.6) is 0 Å². The van der Waals surface area contributed by atoms with Crippen molar-refractivity contribution in [2.24, 2.45) is 5.92 Å². The van der Waals surface area contributed by atoms with Crippen molar-refractivity contribution in [2.75, 3.05) is 45.7 Å². The molecule has 0 spiro atoms. The zero-order valence-electron chi connectivity index (χ0n) is 14.1. The third kappa shape index (κ3) is 7.16. The first kappa shape index (κ1) is 18.3. The standard InChI is InChI=1S/C17H30ClN3/c1-14(2)12-19-13-15-7-8-17(16(18)11-15)21(5)10-6-9-20(3)4/h7-8,11,14,19H,6,9-10,12-13H2,1-5H3. The fourth-order valence-electron chi connectivity index (χ4n) is 2.22. The van der Waals surface area contributed by atoms with Crippen molar-refractivity contribution in [3.63, 3.8) is 0 Å². The molecule has 1 aromatic rings. The Hall–Kier alpha value is -0.770. The molecule has 0 bridgehead atoms. The molecule has 0 unspecified atom stereocenters. The van der Waals surface area contributed by atoms with Crippen LogP contribution in [-0.4, -0.2) is 45.7 Å². The number of rotatable bonds is 9. The lowest BCUT2D eigenvalue weighted by atomic mass is 10.1. The molecular weight excluding hydrogens is 282 g/mol. The fraction of sp³-hybridized carbons (Fsp3) is 0.647. The first-order valence-corrected chi connectivity index (χ1v) is 8.13. The van der Waals surface area contributed by atoms with Crippen molar-refractivity contribution >= 4 is 17.3 Å². The largest absolute Gasteiger partial charge is 0.373 e. The van der Waals surface area contributed by atoms with Gasteiger partial charge < -0.3 is 15.1 Å². The summed E-state index contributed by atoms with van der Waals surface area (Å²) in [4.78, 5) is 4.44. The van der Waals surface area contributed by atoms with E-state index in [1.165, 1.54) is 5.56 Å². The van der Waals surface area contributed by atoms with E-state index in [-0.39, 0.29) is 0 Å². The van der Waals surface area contributed by atoms with E-state index in [4.69, 9.17) is 11.6 Å². The van der Waals surface area contributed by atoms with Gasteiger partial charge in [0.05, 0.1) is 10.7 Å². The SMILES string of the molecule is CC(C)CNCc1ccc(N(C)CCCN(C)C)c(Cl)c1. The number of nitrogens with one attached hydrogen (secondary N) is 1. The van der Waals surface area contributed by atoms with Crippen LogP contribution in [0, 0.1) is 5.92 Å². The molecular formula is C17H30ClN3. The lowest BCUT2D eigenvalue weighted by Crippen LogP contribution is -2.23. The molecule has 0 heterocycles. The average Bonchev–Trinajstić information content (AvgIpc) is 2.37. The summed E-state index contributed by atoms with van der Waals surface area (Å²) in [6, 6.07) is 6.37. The first-order valence-electron chi connectivity index (χ1n) is 7.75. The van der Waals surface area contributed by atoms with Crippen LogP contribution in [0.4, 0.5) is 5.69 Å². The van der Waals surface area contributed by atoms with E-state index in [0.717, 1.165) is 43.3 Å². The Labute approximate surface area is 135 Å². The Morgan fingerprint density at radius 3 is 2.43 bits per heavy atom. The van der Waals surface area contributed by atoms with Gasteiger partial charge in [0.15, 0.2) is 0 Å². The summed E-state index contributed by atoms with van der Waals surface area (Å²) in [6.07, 6.45) is 1.14. The summed E-state index contributed by atoms with van der Waals surface area (Å²) in [5, 5.41) is 4.29. The van der Waals surface area contributed by atoms with Crippen LogP contribution in [0.15, 0.2) is 18.2 Å². The smallest absolute Gasteiger partial charge is 0.0642 e. The normalized spacial score (nSPS) is 11.4. The average molecular weight is 312 g/mol. The predicted octanol–water partition coefficient (Wildman–Crippen LogP) is 3.47. The summed E-state index contributed by atoms with van der Waals surface area (Å²) < 4.78 is 0. The fourth-order valence-corrected chi connectivity index (χ4v) is 2.57. The van der Waals surface area contributed by atoms with E-state index >= 15 is 0 Å². The second-order valence-electron chi connectivity index (χ2n) is 6.39. The topological polar surface area (TPSA) is 18.5 Å². The Morgan fingerprint density at radius 1 is 1.14 bits per heavy atom. The van der Waals surface area contributed by atoms with Crippen molar-refractivity contribution in [2.45, 2.75) is 26.8 Å². The predicted molar refractivity (Wildman–Crippen MR) is 94.4 cm³/mol. The zero-order valence-corrected chi connectivity index (χ0v) is 14.9. The number of nitrogens with zero attached hydrogens (tertiary/aromatic N) is 2. The second-order valence-corrected chi connectivity index (χ2v) is 6.80. The van der Waals surface area contributed by atoms with Crippen molar-refractivity contribution in [3.05, 3.63) is 28.8 Å². The Balaban J connectivity index is 2.52. The molecule has 0 aliphatic heterocycles. The number of hydrogen-bond donors (Lipinski definition) is 1. The number of benzene rings is 1. The summed E-state index contributed by atoms with van der Waals surface area (Å²) in [6.45, 7) is 8.45. The van der Waals surface area contributed by atoms with E-state index in [1.54, 1.807) is 0 Å². The highest BCUT2D eigenvalue weighted by atomic mass is 35.5. The van der Waals surface area contributed by atoms with E-state index in [0.29, 0.717) is 5.92 Å². The molecule has 3 nitrogen and oxygen atoms in total. The maximum Gasteiger partial charge on any atom is 0.0642 e. The lowest BCUT2D eigenvalue weighted by molar-refractivity contribution is 0.401. The molecule has 0 radical (unpaired) electrons. The minimum atomic E-state index is 0.669. The van der Waals surface area contributed by atoms with Crippen LogP contribution in [0.1, 0.15) is 25.8 Å². The maximum atomic E-state index is 6.43. The highest BCUT2D eigenvalue weighted by Crippen LogP contribution is 2.26. The molecule has 1 aromatic carbocycles. The van der Waals surface area contributed by atoms with E-state index in [9.17, 15) is 0 Å². The van der Waals surface area contributed by atoms with E-state index in [2.05, 4.69) is 68.3 Å². The molecule has 4 heteroatoms. The number of anilines is 1. The van der Waals surface area contributed by atoms with Gasteiger partial charge in [-0.1, -0.05) is 31.5 Å². The molecule has 0 aliphatic rings. The van der Waals surface area contributed by atoms with Gasteiger partial charge in [-0.3, -0.25) is 0 Å². The molecule has 0 aromatic heterocycles. The van der Waals surface area contributed by atoms with Crippen LogP contribution in [-0.2, 0) is 6.54 Å². The molecule has 21 heavy (non-hydrogen) atoms. The molecule has 0 aliphatic carbocycles. The molecule has 1 N–H and O–H groups in total. The summed E-state index contributed by atoms with van der Waals surface area (Å²) in [7, 11) is 6.31. The van der Waals surface area contributed by atoms with Gasteiger partial charge in [0.1, 0.15) is 0 Å². The Kier molecular flexibility index (Phi) is 8.09. The molecule has 0 saturated carbocycles. The van der Waals surface area contributed by atoms with Gasteiger partial charge in [-0.2, -0.15) is 0 Å². The number of hydrogen-bond acceptors (Lipinski definition) is 3. The van der Waals surface area contributed by atoms with Gasteiger partial charge in [-0.05, 0) is 57.2 Å². The molecule has 0 fully saturated rings. The Morgan fingerprint density at radius 2 is 1.86 bits per heavy atom. The quantitative estimate of drug-likeness (QED) is 0.753. The van der Waals surface area contributed by atoms with Crippen LogP contribution >= 0.6 is 11.6 Å². The van der Waals surface area contributed by atoms with Gasteiger partial charge in [-0.15, -0.1) is 0 Å². The summed E-state index contributed by atoms with van der Waals surface area (Å²) in [5.41, 5.74) is 2.36.